The highest BCUT2D eigenvalue weighted by Crippen LogP contribution is 2.25. The van der Waals surface area contributed by atoms with Crippen molar-refractivity contribution >= 4 is 10.8 Å². The van der Waals surface area contributed by atoms with E-state index in [1.165, 1.54) is 22.8 Å². The van der Waals surface area contributed by atoms with Crippen LogP contribution in [0.4, 0.5) is 0 Å². The van der Waals surface area contributed by atoms with Crippen LogP contribution in [0.5, 0.6) is 5.75 Å². The molecule has 1 atom stereocenters. The van der Waals surface area contributed by atoms with Gasteiger partial charge in [-0.2, -0.15) is 0 Å². The van der Waals surface area contributed by atoms with Gasteiger partial charge in [-0.05, 0) is 53.3 Å². The van der Waals surface area contributed by atoms with Gasteiger partial charge < -0.3 is 10.1 Å². The third-order valence-corrected chi connectivity index (χ3v) is 4.42. The molecule has 2 nitrogen and oxygen atoms in total. The van der Waals surface area contributed by atoms with Crippen LogP contribution in [0, 0.1) is 5.41 Å². The summed E-state index contributed by atoms with van der Waals surface area (Å²) in [6.45, 7) is 10.1. The van der Waals surface area contributed by atoms with E-state index in [1.54, 1.807) is 7.11 Å². The molecule has 1 N–H and O–H groups in total. The van der Waals surface area contributed by atoms with Crippen molar-refractivity contribution < 1.29 is 4.74 Å². The van der Waals surface area contributed by atoms with E-state index >= 15 is 0 Å². The Bertz CT molecular complexity index is 604. The summed E-state index contributed by atoms with van der Waals surface area (Å²) in [5.41, 5.74) is 1.68. The smallest absolute Gasteiger partial charge is 0.119 e. The van der Waals surface area contributed by atoms with E-state index in [0.29, 0.717) is 11.5 Å². The van der Waals surface area contributed by atoms with Crippen molar-refractivity contribution in [3.05, 3.63) is 42.0 Å². The van der Waals surface area contributed by atoms with Gasteiger partial charge in [-0.15, -0.1) is 0 Å². The van der Waals surface area contributed by atoms with Crippen molar-refractivity contribution in [3.63, 3.8) is 0 Å². The van der Waals surface area contributed by atoms with E-state index in [2.05, 4.69) is 63.3 Å². The molecule has 0 heterocycles. The Labute approximate surface area is 128 Å². The van der Waals surface area contributed by atoms with Crippen LogP contribution in [0.1, 0.15) is 45.7 Å². The Balaban J connectivity index is 2.15. The number of fused-ring (bicyclic) bond motifs is 1. The van der Waals surface area contributed by atoms with Gasteiger partial charge in [0.25, 0.3) is 0 Å². The second-order valence-electron chi connectivity index (χ2n) is 6.59. The molecule has 0 spiro atoms. The van der Waals surface area contributed by atoms with Crippen molar-refractivity contribution in [2.24, 2.45) is 5.41 Å². The highest BCUT2D eigenvalue weighted by molar-refractivity contribution is 5.84. The number of ether oxygens (including phenoxy) is 1. The lowest BCUT2D eigenvalue weighted by Crippen LogP contribution is -2.30. The first-order valence-electron chi connectivity index (χ1n) is 7.76. The summed E-state index contributed by atoms with van der Waals surface area (Å²) >= 11 is 0. The maximum Gasteiger partial charge on any atom is 0.119 e. The topological polar surface area (TPSA) is 21.3 Å². The molecule has 0 amide bonds. The molecule has 2 aromatic rings. The Hall–Kier alpha value is -1.54. The number of hydrogen-bond acceptors (Lipinski definition) is 2. The van der Waals surface area contributed by atoms with Crippen LogP contribution >= 0.6 is 0 Å². The summed E-state index contributed by atoms with van der Waals surface area (Å²) in [6, 6.07) is 13.2. The maximum absolute atomic E-state index is 5.28. The van der Waals surface area contributed by atoms with E-state index in [-0.39, 0.29) is 0 Å². The van der Waals surface area contributed by atoms with Gasteiger partial charge in [-0.25, -0.2) is 0 Å². The summed E-state index contributed by atoms with van der Waals surface area (Å²) in [5.74, 6) is 0.908. The predicted octanol–water partition coefficient (Wildman–Crippen LogP) is 4.94. The van der Waals surface area contributed by atoms with Gasteiger partial charge in [0.1, 0.15) is 5.75 Å². The first-order chi connectivity index (χ1) is 9.95. The minimum Gasteiger partial charge on any atom is -0.497 e. The van der Waals surface area contributed by atoms with Gasteiger partial charge in [-0.1, -0.05) is 39.0 Å². The standard InChI is InChI=1S/C19H27NO/c1-6-19(3,4)13-20-14(2)15-7-8-17-12-18(21-5)10-9-16(17)11-15/h7-12,14,20H,6,13H2,1-5H3. The minimum absolute atomic E-state index is 0.346. The molecule has 0 fully saturated rings. The molecule has 0 saturated carbocycles. The van der Waals surface area contributed by atoms with Crippen LogP contribution in [0.3, 0.4) is 0 Å². The Kier molecular flexibility index (Phi) is 4.89. The fourth-order valence-corrected chi connectivity index (χ4v) is 2.31. The van der Waals surface area contributed by atoms with Gasteiger partial charge in [-0.3, -0.25) is 0 Å². The zero-order valence-electron chi connectivity index (χ0n) is 13.9. The fraction of sp³-hybridized carbons (Fsp3) is 0.474. The molecular weight excluding hydrogens is 258 g/mol. The third kappa shape index (κ3) is 3.98. The Morgan fingerprint density at radius 3 is 2.43 bits per heavy atom. The lowest BCUT2D eigenvalue weighted by Gasteiger charge is -2.26. The van der Waals surface area contributed by atoms with Gasteiger partial charge >= 0.3 is 0 Å². The first-order valence-corrected chi connectivity index (χ1v) is 7.76. The van der Waals surface area contributed by atoms with Crippen molar-refractivity contribution in [2.75, 3.05) is 13.7 Å². The van der Waals surface area contributed by atoms with E-state index in [1.807, 2.05) is 6.07 Å². The van der Waals surface area contributed by atoms with Crippen molar-refractivity contribution in [2.45, 2.75) is 40.2 Å². The molecule has 0 aliphatic rings. The van der Waals surface area contributed by atoms with Crippen LogP contribution < -0.4 is 10.1 Å². The number of benzene rings is 2. The quantitative estimate of drug-likeness (QED) is 0.812. The highest BCUT2D eigenvalue weighted by atomic mass is 16.5. The molecule has 0 aliphatic carbocycles. The average molecular weight is 285 g/mol. The molecule has 0 bridgehead atoms. The maximum atomic E-state index is 5.28. The molecule has 0 aliphatic heterocycles. The zero-order valence-corrected chi connectivity index (χ0v) is 13.9. The number of hydrogen-bond donors (Lipinski definition) is 1. The van der Waals surface area contributed by atoms with Crippen molar-refractivity contribution in [1.82, 2.24) is 5.32 Å². The largest absolute Gasteiger partial charge is 0.497 e. The molecule has 114 valence electrons. The lowest BCUT2D eigenvalue weighted by molar-refractivity contribution is 0.314. The number of nitrogens with one attached hydrogen (secondary N) is 1. The van der Waals surface area contributed by atoms with Crippen LogP contribution in [0.15, 0.2) is 36.4 Å². The molecule has 21 heavy (non-hydrogen) atoms. The van der Waals surface area contributed by atoms with Crippen LogP contribution in [-0.2, 0) is 0 Å². The highest BCUT2D eigenvalue weighted by Gasteiger charge is 2.16. The van der Waals surface area contributed by atoms with Gasteiger partial charge in [0, 0.05) is 12.6 Å². The SMILES string of the molecule is CCC(C)(C)CNC(C)c1ccc2cc(OC)ccc2c1. The van der Waals surface area contributed by atoms with Crippen LogP contribution in [0.25, 0.3) is 10.8 Å². The van der Waals surface area contributed by atoms with E-state index < -0.39 is 0 Å². The van der Waals surface area contributed by atoms with E-state index in [0.717, 1.165) is 12.3 Å². The second kappa shape index (κ2) is 6.48. The third-order valence-electron chi connectivity index (χ3n) is 4.42. The predicted molar refractivity (Wildman–Crippen MR) is 91.0 cm³/mol. The molecule has 0 radical (unpaired) electrons. The fourth-order valence-electron chi connectivity index (χ4n) is 2.31. The van der Waals surface area contributed by atoms with Gasteiger partial charge in [0.05, 0.1) is 7.11 Å². The Morgan fingerprint density at radius 1 is 1.10 bits per heavy atom. The number of rotatable bonds is 6. The average Bonchev–Trinajstić information content (AvgIpc) is 2.51. The second-order valence-corrected chi connectivity index (χ2v) is 6.59. The summed E-state index contributed by atoms with van der Waals surface area (Å²) in [6.07, 6.45) is 1.18. The minimum atomic E-state index is 0.346. The zero-order chi connectivity index (χ0) is 15.5. The normalized spacial score (nSPS) is 13.4. The van der Waals surface area contributed by atoms with Crippen molar-refractivity contribution in [3.8, 4) is 5.75 Å². The molecular formula is C19H27NO. The Morgan fingerprint density at radius 2 is 1.76 bits per heavy atom. The van der Waals surface area contributed by atoms with Gasteiger partial charge in [0.15, 0.2) is 0 Å². The van der Waals surface area contributed by atoms with Gasteiger partial charge in [0.2, 0.25) is 0 Å². The summed E-state index contributed by atoms with van der Waals surface area (Å²) < 4.78 is 5.28. The summed E-state index contributed by atoms with van der Waals surface area (Å²) in [4.78, 5) is 0. The van der Waals surface area contributed by atoms with E-state index in [4.69, 9.17) is 4.74 Å². The molecule has 1 unspecified atom stereocenters. The monoisotopic (exact) mass is 285 g/mol. The first kappa shape index (κ1) is 15.8. The molecule has 0 saturated heterocycles. The lowest BCUT2D eigenvalue weighted by atomic mass is 9.90. The van der Waals surface area contributed by atoms with Crippen LogP contribution in [-0.4, -0.2) is 13.7 Å². The molecule has 2 aromatic carbocycles. The van der Waals surface area contributed by atoms with E-state index in [9.17, 15) is 0 Å². The summed E-state index contributed by atoms with van der Waals surface area (Å²) in [5, 5.41) is 6.13. The molecule has 0 aromatic heterocycles. The van der Waals surface area contributed by atoms with Crippen molar-refractivity contribution in [1.29, 1.82) is 0 Å². The van der Waals surface area contributed by atoms with Crippen LogP contribution in [0.2, 0.25) is 0 Å². The molecule has 2 rings (SSSR count). The summed E-state index contributed by atoms with van der Waals surface area (Å²) in [7, 11) is 1.71. The molecule has 2 heteroatoms. The number of methoxy groups -OCH3 is 1.